The van der Waals surface area contributed by atoms with Crippen LogP contribution in [0, 0.1) is 0 Å². The highest BCUT2D eigenvalue weighted by Crippen LogP contribution is 2.33. The number of aromatic nitrogens is 3. The van der Waals surface area contributed by atoms with Gasteiger partial charge in [0.2, 0.25) is 5.95 Å². The average Bonchev–Trinajstić information content (AvgIpc) is 3.36. The Morgan fingerprint density at radius 3 is 2.89 bits per heavy atom. The molecule has 0 amide bonds. The molecular formula is C23H22F3N5O3S. The van der Waals surface area contributed by atoms with Gasteiger partial charge >= 0.3 is 6.36 Å². The molecule has 2 aromatic heterocycles. The molecule has 4 aromatic rings. The first-order valence-electron chi connectivity index (χ1n) is 11.0. The molecular weight excluding hydrogens is 483 g/mol. The molecule has 1 atom stereocenters. The number of halogens is 3. The van der Waals surface area contributed by atoms with E-state index in [2.05, 4.69) is 25.3 Å². The van der Waals surface area contributed by atoms with Crippen LogP contribution in [0.5, 0.6) is 5.75 Å². The molecule has 1 fully saturated rings. The van der Waals surface area contributed by atoms with Gasteiger partial charge in [-0.1, -0.05) is 11.3 Å². The first kappa shape index (κ1) is 23.5. The van der Waals surface area contributed by atoms with E-state index in [1.54, 1.807) is 12.1 Å². The standard InChI is InChI=1S/C23H22F3N5O3S/c1-31-18-6-2-13(19(32)7-4-15-12-27-8-9-33-15)10-17(18)28-21(31)30-22-29-16-5-3-14(11-20(16)35-22)34-23(24,25)26/h2-3,5-6,10-11,15,27H,4,7-9,12H2,1H3,(H,28,29,30). The van der Waals surface area contributed by atoms with E-state index in [4.69, 9.17) is 4.74 Å². The summed E-state index contributed by atoms with van der Waals surface area (Å²) in [5, 5.41) is 6.86. The van der Waals surface area contributed by atoms with Crippen LogP contribution in [-0.2, 0) is 11.8 Å². The number of carbonyl (C=O) groups excluding carboxylic acids is 1. The predicted octanol–water partition coefficient (Wildman–Crippen LogP) is 4.78. The van der Waals surface area contributed by atoms with Crippen molar-refractivity contribution in [1.29, 1.82) is 0 Å². The van der Waals surface area contributed by atoms with Gasteiger partial charge in [0, 0.05) is 38.2 Å². The third-order valence-corrected chi connectivity index (χ3v) is 6.65. The molecule has 1 aliphatic heterocycles. The number of ether oxygens (including phenoxy) is 2. The van der Waals surface area contributed by atoms with Crippen molar-refractivity contribution in [1.82, 2.24) is 19.9 Å². The number of Topliss-reactive ketones (excluding diaryl/α,β-unsaturated/α-hetero) is 1. The highest BCUT2D eigenvalue weighted by molar-refractivity contribution is 7.22. The van der Waals surface area contributed by atoms with Gasteiger partial charge in [-0.15, -0.1) is 13.2 Å². The van der Waals surface area contributed by atoms with Gasteiger partial charge in [-0.05, 0) is 36.8 Å². The lowest BCUT2D eigenvalue weighted by atomic mass is 10.0. The number of alkyl halides is 3. The second-order valence-corrected chi connectivity index (χ2v) is 9.21. The molecule has 3 heterocycles. The molecule has 1 saturated heterocycles. The number of imidazole rings is 1. The summed E-state index contributed by atoms with van der Waals surface area (Å²) in [6.07, 6.45) is -3.66. The van der Waals surface area contributed by atoms with Gasteiger partial charge in [-0.3, -0.25) is 4.79 Å². The largest absolute Gasteiger partial charge is 0.573 e. The number of thiazole rings is 1. The van der Waals surface area contributed by atoms with Crippen LogP contribution in [0.4, 0.5) is 24.3 Å². The topological polar surface area (TPSA) is 90.3 Å². The molecule has 0 spiro atoms. The van der Waals surface area contributed by atoms with Gasteiger partial charge in [-0.2, -0.15) is 0 Å². The third-order valence-electron chi connectivity index (χ3n) is 5.71. The summed E-state index contributed by atoms with van der Waals surface area (Å²) in [7, 11) is 1.83. The van der Waals surface area contributed by atoms with E-state index in [9.17, 15) is 18.0 Å². The van der Waals surface area contributed by atoms with E-state index in [1.807, 2.05) is 17.7 Å². The fourth-order valence-electron chi connectivity index (χ4n) is 3.98. The zero-order valence-corrected chi connectivity index (χ0v) is 19.5. The molecule has 35 heavy (non-hydrogen) atoms. The number of fused-ring (bicyclic) bond motifs is 2. The molecule has 1 aliphatic rings. The fourth-order valence-corrected chi connectivity index (χ4v) is 4.87. The molecule has 12 heteroatoms. The Morgan fingerprint density at radius 2 is 2.11 bits per heavy atom. The fraction of sp³-hybridized carbons (Fsp3) is 0.348. The van der Waals surface area contributed by atoms with Crippen LogP contribution in [-0.4, -0.2) is 52.5 Å². The Kier molecular flexibility index (Phi) is 6.34. The molecule has 1 unspecified atom stereocenters. The molecule has 0 bridgehead atoms. The van der Waals surface area contributed by atoms with Gasteiger partial charge in [0.1, 0.15) is 5.75 Å². The Morgan fingerprint density at radius 1 is 1.26 bits per heavy atom. The monoisotopic (exact) mass is 505 g/mol. The van der Waals surface area contributed by atoms with Crippen molar-refractivity contribution in [2.75, 3.05) is 25.0 Å². The number of carbonyl (C=O) groups is 1. The van der Waals surface area contributed by atoms with Gasteiger partial charge in [-0.25, -0.2) is 9.97 Å². The second-order valence-electron chi connectivity index (χ2n) is 8.18. The molecule has 5 rings (SSSR count). The maximum atomic E-state index is 12.7. The molecule has 0 radical (unpaired) electrons. The second kappa shape index (κ2) is 9.44. The molecule has 8 nitrogen and oxygen atoms in total. The van der Waals surface area contributed by atoms with E-state index in [-0.39, 0.29) is 17.6 Å². The van der Waals surface area contributed by atoms with Crippen molar-refractivity contribution in [2.24, 2.45) is 7.05 Å². The van der Waals surface area contributed by atoms with Crippen LogP contribution < -0.4 is 15.4 Å². The quantitative estimate of drug-likeness (QED) is 0.350. The number of morpholine rings is 1. The van der Waals surface area contributed by atoms with Crippen molar-refractivity contribution in [3.63, 3.8) is 0 Å². The number of benzene rings is 2. The Balaban J connectivity index is 1.32. The highest BCUT2D eigenvalue weighted by atomic mass is 32.1. The molecule has 2 N–H and O–H groups in total. The lowest BCUT2D eigenvalue weighted by Crippen LogP contribution is -2.38. The predicted molar refractivity (Wildman–Crippen MR) is 126 cm³/mol. The van der Waals surface area contributed by atoms with Crippen molar-refractivity contribution in [3.05, 3.63) is 42.0 Å². The van der Waals surface area contributed by atoms with Gasteiger partial charge in [0.15, 0.2) is 10.9 Å². The lowest BCUT2D eigenvalue weighted by Gasteiger charge is -2.23. The maximum absolute atomic E-state index is 12.7. The Hall–Kier alpha value is -3.22. The zero-order valence-electron chi connectivity index (χ0n) is 18.7. The number of rotatable bonds is 7. The summed E-state index contributed by atoms with van der Waals surface area (Å²) in [6, 6.07) is 9.40. The maximum Gasteiger partial charge on any atom is 0.573 e. The summed E-state index contributed by atoms with van der Waals surface area (Å²) in [4.78, 5) is 21.7. The SMILES string of the molecule is Cn1c(Nc2nc3ccc(OC(F)(F)F)cc3s2)nc2cc(C(=O)CCC3CNCCO3)ccc21. The minimum absolute atomic E-state index is 0.0317. The molecule has 0 aliphatic carbocycles. The van der Waals surface area contributed by atoms with Crippen LogP contribution in [0.15, 0.2) is 36.4 Å². The van der Waals surface area contributed by atoms with Gasteiger partial charge in [0.25, 0.3) is 0 Å². The molecule has 0 saturated carbocycles. The minimum atomic E-state index is -4.76. The Bertz CT molecular complexity index is 1380. The van der Waals surface area contributed by atoms with Gasteiger partial charge in [0.05, 0.1) is 34.0 Å². The first-order valence-corrected chi connectivity index (χ1v) is 11.8. The number of aryl methyl sites for hydroxylation is 1. The van der Waals surface area contributed by atoms with Crippen LogP contribution in [0.1, 0.15) is 23.2 Å². The molecule has 184 valence electrons. The van der Waals surface area contributed by atoms with E-state index < -0.39 is 6.36 Å². The van der Waals surface area contributed by atoms with Gasteiger partial charge < -0.3 is 24.7 Å². The van der Waals surface area contributed by atoms with Crippen molar-refractivity contribution in [2.45, 2.75) is 25.3 Å². The van der Waals surface area contributed by atoms with Crippen molar-refractivity contribution < 1.29 is 27.4 Å². The van der Waals surface area contributed by atoms with Crippen LogP contribution in [0.2, 0.25) is 0 Å². The highest BCUT2D eigenvalue weighted by Gasteiger charge is 2.31. The number of hydrogen-bond donors (Lipinski definition) is 2. The van der Waals surface area contributed by atoms with E-state index >= 15 is 0 Å². The summed E-state index contributed by atoms with van der Waals surface area (Å²) >= 11 is 1.19. The number of nitrogens with zero attached hydrogens (tertiary/aromatic N) is 3. The summed E-state index contributed by atoms with van der Waals surface area (Å²) in [5.41, 5.74) is 2.60. The molecule has 2 aromatic carbocycles. The van der Waals surface area contributed by atoms with E-state index in [0.29, 0.717) is 51.8 Å². The van der Waals surface area contributed by atoms with Crippen LogP contribution >= 0.6 is 11.3 Å². The third kappa shape index (κ3) is 5.39. The summed E-state index contributed by atoms with van der Waals surface area (Å²) in [6.45, 7) is 2.25. The number of anilines is 2. The van der Waals surface area contributed by atoms with Crippen molar-refractivity contribution in [3.8, 4) is 5.75 Å². The summed E-state index contributed by atoms with van der Waals surface area (Å²) < 4.78 is 49.5. The average molecular weight is 506 g/mol. The number of nitrogens with one attached hydrogen (secondary N) is 2. The van der Waals surface area contributed by atoms with Crippen molar-refractivity contribution >= 4 is 49.4 Å². The summed E-state index contributed by atoms with van der Waals surface area (Å²) in [5.74, 6) is 0.229. The lowest BCUT2D eigenvalue weighted by molar-refractivity contribution is -0.274. The number of ketones is 1. The minimum Gasteiger partial charge on any atom is -0.406 e. The number of hydrogen-bond acceptors (Lipinski definition) is 8. The van der Waals surface area contributed by atoms with Crippen LogP contribution in [0.3, 0.4) is 0 Å². The first-order chi connectivity index (χ1) is 16.7. The van der Waals surface area contributed by atoms with E-state index in [1.165, 1.54) is 29.5 Å². The van der Waals surface area contributed by atoms with Crippen LogP contribution in [0.25, 0.3) is 21.3 Å². The van der Waals surface area contributed by atoms with E-state index in [0.717, 1.165) is 18.6 Å². The normalized spacial score (nSPS) is 16.6. The zero-order chi connectivity index (χ0) is 24.6. The smallest absolute Gasteiger partial charge is 0.406 e. The Labute approximate surface area is 202 Å².